The third-order valence-corrected chi connectivity index (χ3v) is 5.77. The van der Waals surface area contributed by atoms with Crippen molar-refractivity contribution >= 4 is 23.7 Å². The second-order valence-corrected chi connectivity index (χ2v) is 9.20. The van der Waals surface area contributed by atoms with E-state index in [0.717, 1.165) is 18.5 Å². The monoisotopic (exact) mass is 460 g/mol. The van der Waals surface area contributed by atoms with Gasteiger partial charge in [0.1, 0.15) is 18.1 Å². The van der Waals surface area contributed by atoms with Gasteiger partial charge in [0.2, 0.25) is 17.7 Å². The molecule has 0 aliphatic carbocycles. The fraction of sp³-hybridized carbons (Fsp3) is 0.583. The predicted molar refractivity (Wildman–Crippen MR) is 124 cm³/mol. The van der Waals surface area contributed by atoms with E-state index in [1.807, 2.05) is 44.2 Å². The van der Waals surface area contributed by atoms with E-state index in [0.29, 0.717) is 6.42 Å². The van der Waals surface area contributed by atoms with Crippen molar-refractivity contribution in [2.24, 2.45) is 11.8 Å². The molecule has 0 aromatic heterocycles. The van der Waals surface area contributed by atoms with Gasteiger partial charge in [0.15, 0.2) is 0 Å². The van der Waals surface area contributed by atoms with Crippen LogP contribution < -0.4 is 21.3 Å². The van der Waals surface area contributed by atoms with Crippen LogP contribution in [0, 0.1) is 11.8 Å². The molecule has 9 nitrogen and oxygen atoms in total. The zero-order valence-corrected chi connectivity index (χ0v) is 19.8. The molecule has 1 aliphatic heterocycles. The van der Waals surface area contributed by atoms with Crippen LogP contribution in [0.25, 0.3) is 0 Å². The van der Waals surface area contributed by atoms with Gasteiger partial charge in [-0.15, -0.1) is 0 Å². The fourth-order valence-corrected chi connectivity index (χ4v) is 3.79. The summed E-state index contributed by atoms with van der Waals surface area (Å²) in [5.41, 5.74) is 0.815. The molecule has 1 heterocycles. The highest BCUT2D eigenvalue weighted by Gasteiger charge is 2.33. The number of carboxylic acids is 1. The van der Waals surface area contributed by atoms with Crippen LogP contribution in [0.5, 0.6) is 0 Å². The largest absolute Gasteiger partial charge is 0.480 e. The maximum atomic E-state index is 13.2. The number of carboxylic acid groups (broad SMARTS) is 1. The molecule has 1 aliphatic rings. The molecule has 3 amide bonds. The number of carbonyl (C=O) groups excluding carboxylic acids is 3. The number of rotatable bonds is 11. The van der Waals surface area contributed by atoms with Crippen LogP contribution in [0.1, 0.15) is 46.1 Å². The summed E-state index contributed by atoms with van der Waals surface area (Å²) in [7, 11) is 0. The number of hydrogen-bond acceptors (Lipinski definition) is 5. The highest BCUT2D eigenvalue weighted by molar-refractivity contribution is 5.94. The second kappa shape index (κ2) is 12.3. The summed E-state index contributed by atoms with van der Waals surface area (Å²) in [4.78, 5) is 50.3. The third kappa shape index (κ3) is 7.85. The van der Waals surface area contributed by atoms with Gasteiger partial charge in [-0.1, -0.05) is 58.0 Å². The van der Waals surface area contributed by atoms with Crippen LogP contribution in [0.3, 0.4) is 0 Å². The van der Waals surface area contributed by atoms with Crippen LogP contribution in [-0.2, 0) is 25.6 Å². The summed E-state index contributed by atoms with van der Waals surface area (Å²) in [6.07, 6.45) is 1.80. The lowest BCUT2D eigenvalue weighted by Gasteiger charge is -2.27. The first-order valence-electron chi connectivity index (χ1n) is 11.5. The van der Waals surface area contributed by atoms with Crippen molar-refractivity contribution in [3.63, 3.8) is 0 Å². The Morgan fingerprint density at radius 2 is 1.58 bits per heavy atom. The van der Waals surface area contributed by atoms with Gasteiger partial charge in [-0.3, -0.25) is 14.4 Å². The molecule has 2 rings (SSSR count). The van der Waals surface area contributed by atoms with Crippen molar-refractivity contribution in [2.45, 2.75) is 71.1 Å². The molecule has 1 aromatic rings. The van der Waals surface area contributed by atoms with E-state index in [9.17, 15) is 24.3 Å². The van der Waals surface area contributed by atoms with Gasteiger partial charge in [0, 0.05) is 6.42 Å². The van der Waals surface area contributed by atoms with Crippen LogP contribution in [0.2, 0.25) is 0 Å². The molecule has 0 saturated carbocycles. The molecule has 1 unspecified atom stereocenters. The van der Waals surface area contributed by atoms with Crippen molar-refractivity contribution in [1.29, 1.82) is 0 Å². The van der Waals surface area contributed by atoms with Gasteiger partial charge in [0.25, 0.3) is 0 Å². The highest BCUT2D eigenvalue weighted by atomic mass is 16.4. The van der Waals surface area contributed by atoms with Crippen LogP contribution >= 0.6 is 0 Å². The summed E-state index contributed by atoms with van der Waals surface area (Å²) < 4.78 is 0. The number of aliphatic carboxylic acids is 1. The Kier molecular flexibility index (Phi) is 9.84. The molecule has 5 N–H and O–H groups in total. The van der Waals surface area contributed by atoms with Gasteiger partial charge in [-0.2, -0.15) is 0 Å². The van der Waals surface area contributed by atoms with Gasteiger partial charge < -0.3 is 26.4 Å². The fourth-order valence-electron chi connectivity index (χ4n) is 3.79. The average Bonchev–Trinajstić information content (AvgIpc) is 3.30. The number of amides is 3. The Morgan fingerprint density at radius 1 is 0.939 bits per heavy atom. The predicted octanol–water partition coefficient (Wildman–Crippen LogP) is 0.832. The molecule has 0 radical (unpaired) electrons. The average molecular weight is 461 g/mol. The summed E-state index contributed by atoms with van der Waals surface area (Å²) in [6.45, 7) is 7.79. The number of hydrogen-bond donors (Lipinski definition) is 5. The quantitative estimate of drug-likeness (QED) is 0.332. The molecule has 1 fully saturated rings. The smallest absolute Gasteiger partial charge is 0.326 e. The van der Waals surface area contributed by atoms with E-state index in [1.165, 1.54) is 0 Å². The van der Waals surface area contributed by atoms with E-state index in [4.69, 9.17) is 0 Å². The SMILES string of the molecule is CC(C)[C@H](NC(=O)[C@H](Cc1ccccc1)NC(=O)[C@@H](NC(=O)C1CCCN1)C(C)C)C(=O)O. The first-order chi connectivity index (χ1) is 15.6. The molecular weight excluding hydrogens is 424 g/mol. The lowest BCUT2D eigenvalue weighted by Crippen LogP contribution is -2.59. The minimum atomic E-state index is -1.14. The molecule has 1 saturated heterocycles. The minimum absolute atomic E-state index is 0.186. The molecule has 33 heavy (non-hydrogen) atoms. The molecule has 0 spiro atoms. The number of benzene rings is 1. The maximum Gasteiger partial charge on any atom is 0.326 e. The van der Waals surface area contributed by atoms with E-state index in [1.54, 1.807) is 13.8 Å². The summed E-state index contributed by atoms with van der Waals surface area (Å²) in [6, 6.07) is 5.92. The Balaban J connectivity index is 2.18. The Morgan fingerprint density at radius 3 is 2.09 bits per heavy atom. The number of carbonyl (C=O) groups is 4. The van der Waals surface area contributed by atoms with Crippen molar-refractivity contribution in [3.8, 4) is 0 Å². The van der Waals surface area contributed by atoms with Crippen molar-refractivity contribution < 1.29 is 24.3 Å². The molecule has 1 aromatic carbocycles. The van der Waals surface area contributed by atoms with Gasteiger partial charge >= 0.3 is 5.97 Å². The van der Waals surface area contributed by atoms with Crippen molar-refractivity contribution in [3.05, 3.63) is 35.9 Å². The van der Waals surface area contributed by atoms with Crippen LogP contribution in [0.4, 0.5) is 0 Å². The zero-order valence-electron chi connectivity index (χ0n) is 19.8. The standard InChI is InChI=1S/C24H36N4O5/c1-14(2)19(27-21(29)17-11-8-12-25-17)23(31)26-18(13-16-9-6-5-7-10-16)22(30)28-20(15(3)4)24(32)33/h5-7,9-10,14-15,17-20,25H,8,11-13H2,1-4H3,(H,26,31)(H,27,29)(H,28,30)(H,32,33)/t17?,18-,19-,20-/m0/s1. The van der Waals surface area contributed by atoms with Gasteiger partial charge in [0.05, 0.1) is 6.04 Å². The Labute approximate surface area is 195 Å². The van der Waals surface area contributed by atoms with Crippen molar-refractivity contribution in [1.82, 2.24) is 21.3 Å². The minimum Gasteiger partial charge on any atom is -0.480 e. The van der Waals surface area contributed by atoms with E-state index in [2.05, 4.69) is 21.3 Å². The second-order valence-electron chi connectivity index (χ2n) is 9.20. The molecule has 0 bridgehead atoms. The van der Waals surface area contributed by atoms with Crippen LogP contribution in [0.15, 0.2) is 30.3 Å². The summed E-state index contributed by atoms with van der Waals surface area (Å²) in [5, 5.41) is 20.7. The summed E-state index contributed by atoms with van der Waals surface area (Å²) in [5.74, 6) is -2.99. The zero-order chi connectivity index (χ0) is 24.5. The van der Waals surface area contributed by atoms with Crippen molar-refractivity contribution in [2.75, 3.05) is 6.54 Å². The Bertz CT molecular complexity index is 821. The first-order valence-corrected chi connectivity index (χ1v) is 11.5. The Hall–Kier alpha value is -2.94. The summed E-state index contributed by atoms with van der Waals surface area (Å²) >= 11 is 0. The number of nitrogens with one attached hydrogen (secondary N) is 4. The molecular formula is C24H36N4O5. The first kappa shape index (κ1) is 26.3. The molecule has 4 atom stereocenters. The highest BCUT2D eigenvalue weighted by Crippen LogP contribution is 2.10. The van der Waals surface area contributed by atoms with E-state index in [-0.39, 0.29) is 30.2 Å². The lowest BCUT2D eigenvalue weighted by atomic mass is 9.99. The molecule has 182 valence electrons. The topological polar surface area (TPSA) is 137 Å². The van der Waals surface area contributed by atoms with Gasteiger partial charge in [-0.05, 0) is 36.8 Å². The third-order valence-electron chi connectivity index (χ3n) is 5.77. The van der Waals surface area contributed by atoms with Crippen LogP contribution in [-0.4, -0.2) is 59.5 Å². The normalized spacial score (nSPS) is 18.4. The van der Waals surface area contributed by atoms with Gasteiger partial charge in [-0.25, -0.2) is 4.79 Å². The molecule has 9 heteroatoms. The van der Waals surface area contributed by atoms with E-state index < -0.39 is 35.9 Å². The maximum absolute atomic E-state index is 13.2. The van der Waals surface area contributed by atoms with E-state index >= 15 is 0 Å². The lowest BCUT2D eigenvalue weighted by molar-refractivity contribution is -0.143.